The van der Waals surface area contributed by atoms with Crippen LogP contribution in [0.3, 0.4) is 0 Å². The van der Waals surface area contributed by atoms with E-state index in [2.05, 4.69) is 32.1 Å². The number of Topliss-reactive ketones (excluding diaryl/α,β-unsaturated/α-hetero) is 1. The number of ketones is 1. The Labute approximate surface area is 141 Å². The van der Waals surface area contributed by atoms with Crippen molar-refractivity contribution >= 4 is 5.78 Å². The third kappa shape index (κ3) is 2.07. The third-order valence-corrected chi connectivity index (χ3v) is 8.31. The fourth-order valence-electron chi connectivity index (χ4n) is 6.96. The molecule has 0 aromatic rings. The average Bonchev–Trinajstić information content (AvgIpc) is 2.91. The fourth-order valence-corrected chi connectivity index (χ4v) is 6.96. The van der Waals surface area contributed by atoms with E-state index in [9.17, 15) is 4.79 Å². The Morgan fingerprint density at radius 3 is 2.78 bits per heavy atom. The number of carbonyl (C=O) groups excluding carboxylic acids is 1. The summed E-state index contributed by atoms with van der Waals surface area (Å²) in [6.07, 6.45) is 17.2. The van der Waals surface area contributed by atoms with Crippen molar-refractivity contribution in [3.63, 3.8) is 0 Å². The molecular formula is C22H32O. The molecule has 0 heterocycles. The normalized spacial score (nSPS) is 48.2. The van der Waals surface area contributed by atoms with Gasteiger partial charge in [-0.05, 0) is 79.1 Å². The van der Waals surface area contributed by atoms with E-state index in [1.54, 1.807) is 5.57 Å². The number of rotatable bonds is 2. The van der Waals surface area contributed by atoms with Crippen LogP contribution in [0.15, 0.2) is 23.8 Å². The van der Waals surface area contributed by atoms with E-state index >= 15 is 0 Å². The predicted octanol–water partition coefficient (Wildman–Crippen LogP) is 5.71. The molecule has 0 spiro atoms. The van der Waals surface area contributed by atoms with Gasteiger partial charge in [0.25, 0.3) is 0 Å². The van der Waals surface area contributed by atoms with Crippen LogP contribution in [0, 0.1) is 34.5 Å². The van der Waals surface area contributed by atoms with Crippen LogP contribution >= 0.6 is 0 Å². The van der Waals surface area contributed by atoms with Gasteiger partial charge in [-0.2, -0.15) is 0 Å². The van der Waals surface area contributed by atoms with Crippen molar-refractivity contribution in [3.8, 4) is 0 Å². The highest BCUT2D eigenvalue weighted by molar-refractivity contribution is 5.82. The van der Waals surface area contributed by atoms with Gasteiger partial charge in [0, 0.05) is 12.3 Å². The first-order valence-corrected chi connectivity index (χ1v) is 9.92. The quantitative estimate of drug-likeness (QED) is 0.638. The molecule has 0 aromatic heterocycles. The Bertz CT molecular complexity index is 571. The van der Waals surface area contributed by atoms with E-state index in [0.29, 0.717) is 23.0 Å². The number of fused-ring (bicyclic) bond motifs is 5. The lowest BCUT2D eigenvalue weighted by molar-refractivity contribution is -0.128. The van der Waals surface area contributed by atoms with Crippen LogP contribution in [0.5, 0.6) is 0 Å². The molecule has 23 heavy (non-hydrogen) atoms. The maximum absolute atomic E-state index is 12.5. The second-order valence-corrected chi connectivity index (χ2v) is 9.11. The van der Waals surface area contributed by atoms with Crippen LogP contribution in [0.2, 0.25) is 0 Å². The van der Waals surface area contributed by atoms with Crippen molar-refractivity contribution in [1.82, 2.24) is 0 Å². The van der Waals surface area contributed by atoms with E-state index in [1.165, 1.54) is 38.5 Å². The molecule has 1 heteroatoms. The molecule has 1 nitrogen and oxygen atoms in total. The minimum absolute atomic E-state index is 0.269. The summed E-state index contributed by atoms with van der Waals surface area (Å²) in [6, 6.07) is 0. The molecule has 2 fully saturated rings. The smallest absolute Gasteiger partial charge is 0.136 e. The molecule has 0 aliphatic heterocycles. The van der Waals surface area contributed by atoms with Crippen molar-refractivity contribution in [1.29, 1.82) is 0 Å². The van der Waals surface area contributed by atoms with Gasteiger partial charge in [0.15, 0.2) is 0 Å². The summed E-state index contributed by atoms with van der Waals surface area (Å²) in [5.41, 5.74) is 2.30. The first-order valence-electron chi connectivity index (χ1n) is 9.92. The van der Waals surface area contributed by atoms with Gasteiger partial charge in [0.05, 0.1) is 0 Å². The molecule has 126 valence electrons. The summed E-state index contributed by atoms with van der Waals surface area (Å²) in [7, 11) is 0. The van der Waals surface area contributed by atoms with Crippen LogP contribution in [0.25, 0.3) is 0 Å². The first kappa shape index (κ1) is 15.7. The third-order valence-electron chi connectivity index (χ3n) is 8.31. The first-order chi connectivity index (χ1) is 11.0. The molecule has 4 aliphatic rings. The monoisotopic (exact) mass is 312 g/mol. The van der Waals surface area contributed by atoms with Crippen molar-refractivity contribution < 1.29 is 4.79 Å². The van der Waals surface area contributed by atoms with Crippen LogP contribution in [-0.4, -0.2) is 5.78 Å². The van der Waals surface area contributed by atoms with E-state index < -0.39 is 0 Å². The molecule has 0 unspecified atom stereocenters. The summed E-state index contributed by atoms with van der Waals surface area (Å²) in [5.74, 6) is 3.12. The predicted molar refractivity (Wildman–Crippen MR) is 95.0 cm³/mol. The van der Waals surface area contributed by atoms with Crippen molar-refractivity contribution in [3.05, 3.63) is 23.8 Å². The zero-order valence-electron chi connectivity index (χ0n) is 15.1. The molecule has 0 bridgehead atoms. The van der Waals surface area contributed by atoms with E-state index in [0.717, 1.165) is 24.7 Å². The number of carbonyl (C=O) groups is 1. The minimum atomic E-state index is 0.269. The standard InChI is InChI=1S/C22H32O/c1-4-20(23)19-11-10-17-16-9-8-15-7-5-6-13-21(15,2)18(16)12-14-22(17,19)3/h7-9,16-19H,4-6,10-14H2,1-3H3/t16-,17-,18-,19+,21-,22-/m0/s1. The van der Waals surface area contributed by atoms with Gasteiger partial charge in [-0.15, -0.1) is 0 Å². The van der Waals surface area contributed by atoms with Crippen LogP contribution in [0.4, 0.5) is 0 Å². The SMILES string of the molecule is CCC(=O)[C@H]1CC[C@H]2[C@@H]3C=CC4=CCCC[C@]4(C)[C@H]3CC[C@]12C. The molecule has 4 aliphatic carbocycles. The Morgan fingerprint density at radius 1 is 1.17 bits per heavy atom. The van der Waals surface area contributed by atoms with Gasteiger partial charge < -0.3 is 0 Å². The van der Waals surface area contributed by atoms with Gasteiger partial charge in [0.1, 0.15) is 5.78 Å². The van der Waals surface area contributed by atoms with Crippen LogP contribution in [-0.2, 0) is 4.79 Å². The van der Waals surface area contributed by atoms with Crippen molar-refractivity contribution in [2.24, 2.45) is 34.5 Å². The van der Waals surface area contributed by atoms with E-state index in [4.69, 9.17) is 0 Å². The lowest BCUT2D eigenvalue weighted by Crippen LogP contribution is -2.49. The number of allylic oxidation sites excluding steroid dienone is 4. The van der Waals surface area contributed by atoms with Crippen LogP contribution in [0.1, 0.15) is 72.1 Å². The number of hydrogen-bond donors (Lipinski definition) is 0. The second kappa shape index (κ2) is 5.33. The lowest BCUT2D eigenvalue weighted by atomic mass is 9.48. The lowest BCUT2D eigenvalue weighted by Gasteiger charge is -2.56. The molecule has 0 amide bonds. The summed E-state index contributed by atoms with van der Waals surface area (Å²) < 4.78 is 0. The number of hydrogen-bond acceptors (Lipinski definition) is 1. The van der Waals surface area contributed by atoms with Crippen molar-refractivity contribution in [2.75, 3.05) is 0 Å². The van der Waals surface area contributed by atoms with Crippen molar-refractivity contribution in [2.45, 2.75) is 72.1 Å². The molecule has 0 aromatic carbocycles. The largest absolute Gasteiger partial charge is 0.299 e. The maximum atomic E-state index is 12.5. The molecule has 0 N–H and O–H groups in total. The zero-order valence-corrected chi connectivity index (χ0v) is 15.1. The van der Waals surface area contributed by atoms with Crippen LogP contribution < -0.4 is 0 Å². The molecule has 0 radical (unpaired) electrons. The van der Waals surface area contributed by atoms with Gasteiger partial charge in [-0.25, -0.2) is 0 Å². The van der Waals surface area contributed by atoms with Gasteiger partial charge in [-0.3, -0.25) is 4.79 Å². The fraction of sp³-hybridized carbons (Fsp3) is 0.773. The molecule has 4 rings (SSSR count). The maximum Gasteiger partial charge on any atom is 0.136 e. The Morgan fingerprint density at radius 2 is 2.00 bits per heavy atom. The molecule has 6 atom stereocenters. The highest BCUT2D eigenvalue weighted by Gasteiger charge is 2.58. The minimum Gasteiger partial charge on any atom is -0.299 e. The summed E-state index contributed by atoms with van der Waals surface area (Å²) in [6.45, 7) is 7.03. The Hall–Kier alpha value is -0.850. The second-order valence-electron chi connectivity index (χ2n) is 9.11. The molecule has 0 saturated heterocycles. The Kier molecular flexibility index (Phi) is 3.63. The summed E-state index contributed by atoms with van der Waals surface area (Å²) in [5, 5.41) is 0. The average molecular weight is 312 g/mol. The highest BCUT2D eigenvalue weighted by atomic mass is 16.1. The molecule has 2 saturated carbocycles. The summed E-state index contributed by atoms with van der Waals surface area (Å²) >= 11 is 0. The summed E-state index contributed by atoms with van der Waals surface area (Å²) in [4.78, 5) is 12.5. The molecular weight excluding hydrogens is 280 g/mol. The van der Waals surface area contributed by atoms with E-state index in [-0.39, 0.29) is 5.41 Å². The van der Waals surface area contributed by atoms with Gasteiger partial charge >= 0.3 is 0 Å². The highest BCUT2D eigenvalue weighted by Crippen LogP contribution is 2.65. The van der Waals surface area contributed by atoms with E-state index in [1.807, 2.05) is 6.92 Å². The Balaban J connectivity index is 1.69. The van der Waals surface area contributed by atoms with Gasteiger partial charge in [-0.1, -0.05) is 39.0 Å². The van der Waals surface area contributed by atoms with Gasteiger partial charge in [0.2, 0.25) is 0 Å². The topological polar surface area (TPSA) is 17.1 Å². The zero-order chi connectivity index (χ0) is 16.2.